The Morgan fingerprint density at radius 3 is 2.39 bits per heavy atom. The lowest BCUT2D eigenvalue weighted by Gasteiger charge is -2.14. The van der Waals surface area contributed by atoms with Crippen LogP contribution in [-0.4, -0.2) is 39.5 Å². The van der Waals surface area contributed by atoms with Crippen LogP contribution >= 0.6 is 0 Å². The van der Waals surface area contributed by atoms with E-state index in [9.17, 15) is 13.2 Å². The summed E-state index contributed by atoms with van der Waals surface area (Å²) in [6.07, 6.45) is 0.983. The van der Waals surface area contributed by atoms with Gasteiger partial charge in [0.25, 0.3) is 0 Å². The molecule has 1 N–H and O–H groups in total. The van der Waals surface area contributed by atoms with Crippen molar-refractivity contribution in [3.63, 3.8) is 0 Å². The maximum atomic E-state index is 11.5. The minimum Gasteiger partial charge on any atom is -0.494 e. The Labute approximate surface area is 105 Å². The monoisotopic (exact) mass is 274 g/mol. The van der Waals surface area contributed by atoms with E-state index in [1.165, 1.54) is 19.2 Å². The fourth-order valence-corrected chi connectivity index (χ4v) is 2.36. The predicted molar refractivity (Wildman–Crippen MR) is 64.2 cm³/mol. The summed E-state index contributed by atoms with van der Waals surface area (Å²) in [5, 5.41) is 9.14. The number of carbonyl (C=O) groups is 1. The summed E-state index contributed by atoms with van der Waals surface area (Å²) in [7, 11) is -2.36. The van der Waals surface area contributed by atoms with E-state index in [0.29, 0.717) is 0 Å². The van der Waals surface area contributed by atoms with Gasteiger partial charge in [0.1, 0.15) is 16.2 Å². The van der Waals surface area contributed by atoms with E-state index >= 15 is 0 Å². The molecular weight excluding hydrogens is 260 g/mol. The molecule has 1 aromatic rings. The lowest BCUT2D eigenvalue weighted by Crippen LogP contribution is -2.09. The topological polar surface area (TPSA) is 89.9 Å². The normalized spacial score (nSPS) is 11.1. The van der Waals surface area contributed by atoms with Crippen molar-refractivity contribution in [3.8, 4) is 11.5 Å². The number of hydrogen-bond donors (Lipinski definition) is 1. The summed E-state index contributed by atoms with van der Waals surface area (Å²) in [5.74, 6) is -1.44. The van der Waals surface area contributed by atoms with Crippen LogP contribution in [0.15, 0.2) is 17.0 Å². The number of carboxylic acid groups (broad SMARTS) is 1. The summed E-state index contributed by atoms with van der Waals surface area (Å²) >= 11 is 0. The van der Waals surface area contributed by atoms with Gasteiger partial charge in [0.15, 0.2) is 15.6 Å². The number of ether oxygens (including phenoxy) is 2. The second kappa shape index (κ2) is 5.26. The van der Waals surface area contributed by atoms with Gasteiger partial charge in [0.2, 0.25) is 0 Å². The van der Waals surface area contributed by atoms with Gasteiger partial charge in [-0.05, 0) is 19.1 Å². The fourth-order valence-electron chi connectivity index (χ4n) is 1.52. The smallest absolute Gasteiger partial charge is 0.343 e. The van der Waals surface area contributed by atoms with Crippen LogP contribution in [-0.2, 0) is 9.84 Å². The minimum absolute atomic E-state index is 0.0780. The van der Waals surface area contributed by atoms with Crippen molar-refractivity contribution in [2.75, 3.05) is 20.0 Å². The van der Waals surface area contributed by atoms with Gasteiger partial charge in [0, 0.05) is 6.26 Å². The second-order valence-electron chi connectivity index (χ2n) is 3.48. The van der Waals surface area contributed by atoms with Crippen LogP contribution in [0.25, 0.3) is 0 Å². The van der Waals surface area contributed by atoms with Gasteiger partial charge >= 0.3 is 5.97 Å². The van der Waals surface area contributed by atoms with E-state index < -0.39 is 15.8 Å². The van der Waals surface area contributed by atoms with Crippen LogP contribution < -0.4 is 9.47 Å². The molecule has 0 bridgehead atoms. The molecule has 1 rings (SSSR count). The molecule has 0 saturated carbocycles. The van der Waals surface area contributed by atoms with Gasteiger partial charge in [-0.2, -0.15) is 0 Å². The van der Waals surface area contributed by atoms with Gasteiger partial charge in [-0.25, -0.2) is 13.2 Å². The van der Waals surface area contributed by atoms with E-state index in [1.54, 1.807) is 6.92 Å². The zero-order chi connectivity index (χ0) is 13.9. The molecule has 0 heterocycles. The summed E-state index contributed by atoms with van der Waals surface area (Å²) in [5.41, 5.74) is -0.290. The fraction of sp³-hybridized carbons (Fsp3) is 0.364. The summed E-state index contributed by atoms with van der Waals surface area (Å²) in [6.45, 7) is 1.96. The molecule has 0 atom stereocenters. The van der Waals surface area contributed by atoms with E-state index in [1.807, 2.05) is 0 Å². The van der Waals surface area contributed by atoms with Gasteiger partial charge in [-0.1, -0.05) is 0 Å². The third kappa shape index (κ3) is 2.73. The molecule has 6 nitrogen and oxygen atoms in total. The molecule has 0 aliphatic rings. The lowest BCUT2D eigenvalue weighted by molar-refractivity contribution is 0.0688. The molecule has 0 aromatic heterocycles. The van der Waals surface area contributed by atoms with Gasteiger partial charge in [-0.15, -0.1) is 0 Å². The van der Waals surface area contributed by atoms with Crippen molar-refractivity contribution >= 4 is 15.8 Å². The Balaban J connectivity index is 3.63. The number of aromatic carboxylic acids is 1. The highest BCUT2D eigenvalue weighted by molar-refractivity contribution is 7.90. The highest BCUT2D eigenvalue weighted by atomic mass is 32.2. The third-order valence-corrected chi connectivity index (χ3v) is 3.32. The maximum absolute atomic E-state index is 11.5. The Bertz CT molecular complexity index is 561. The van der Waals surface area contributed by atoms with Crippen LogP contribution in [0.5, 0.6) is 11.5 Å². The standard InChI is InChI=1S/C11H14O6S/c1-4-17-7-5-6-8(18(3,14)15)10(16-2)9(7)11(12)13/h5-6H,4H2,1-3H3,(H,12,13). The molecule has 0 aliphatic heterocycles. The lowest BCUT2D eigenvalue weighted by atomic mass is 10.2. The average Bonchev–Trinajstić information content (AvgIpc) is 2.26. The van der Waals surface area contributed by atoms with Gasteiger partial charge < -0.3 is 14.6 Å². The molecule has 0 saturated heterocycles. The molecule has 7 heteroatoms. The first-order valence-corrected chi connectivity index (χ1v) is 6.99. The molecule has 0 spiro atoms. The number of carboxylic acids is 1. The SMILES string of the molecule is CCOc1ccc(S(C)(=O)=O)c(OC)c1C(=O)O. The van der Waals surface area contributed by atoms with Crippen LogP contribution in [0.4, 0.5) is 0 Å². The zero-order valence-corrected chi connectivity index (χ0v) is 11.1. The zero-order valence-electron chi connectivity index (χ0n) is 10.3. The molecule has 0 unspecified atom stereocenters. The maximum Gasteiger partial charge on any atom is 0.343 e. The first-order chi connectivity index (χ1) is 8.32. The number of methoxy groups -OCH3 is 1. The van der Waals surface area contributed by atoms with Crippen molar-refractivity contribution in [3.05, 3.63) is 17.7 Å². The Kier molecular flexibility index (Phi) is 4.18. The number of rotatable bonds is 5. The van der Waals surface area contributed by atoms with Crippen LogP contribution in [0.3, 0.4) is 0 Å². The Hall–Kier alpha value is -1.76. The Morgan fingerprint density at radius 1 is 1.39 bits per heavy atom. The summed E-state index contributed by atoms with van der Waals surface area (Å²) in [4.78, 5) is 11.0. The van der Waals surface area contributed by atoms with E-state index in [2.05, 4.69) is 0 Å². The highest BCUT2D eigenvalue weighted by Crippen LogP contribution is 2.35. The molecular formula is C11H14O6S. The van der Waals surface area contributed by atoms with E-state index in [0.717, 1.165) is 6.26 Å². The summed E-state index contributed by atoms with van der Waals surface area (Å²) < 4.78 is 33.1. The molecule has 0 amide bonds. The predicted octanol–water partition coefficient (Wildman–Crippen LogP) is 1.20. The van der Waals surface area contributed by atoms with Crippen LogP contribution in [0.2, 0.25) is 0 Å². The van der Waals surface area contributed by atoms with Crippen molar-refractivity contribution in [1.29, 1.82) is 0 Å². The van der Waals surface area contributed by atoms with Crippen molar-refractivity contribution in [1.82, 2.24) is 0 Å². The van der Waals surface area contributed by atoms with Crippen molar-refractivity contribution < 1.29 is 27.8 Å². The Morgan fingerprint density at radius 2 is 2.00 bits per heavy atom. The van der Waals surface area contributed by atoms with E-state index in [-0.39, 0.29) is 28.6 Å². The van der Waals surface area contributed by atoms with Gasteiger partial charge in [-0.3, -0.25) is 0 Å². The number of benzene rings is 1. The second-order valence-corrected chi connectivity index (χ2v) is 5.46. The van der Waals surface area contributed by atoms with Crippen LogP contribution in [0, 0.1) is 0 Å². The molecule has 100 valence electrons. The molecule has 0 aliphatic carbocycles. The largest absolute Gasteiger partial charge is 0.494 e. The van der Waals surface area contributed by atoms with Crippen molar-refractivity contribution in [2.24, 2.45) is 0 Å². The van der Waals surface area contributed by atoms with Crippen molar-refractivity contribution in [2.45, 2.75) is 11.8 Å². The molecule has 0 radical (unpaired) electrons. The first-order valence-electron chi connectivity index (χ1n) is 5.10. The highest BCUT2D eigenvalue weighted by Gasteiger charge is 2.25. The third-order valence-electron chi connectivity index (χ3n) is 2.20. The number of sulfone groups is 1. The van der Waals surface area contributed by atoms with Gasteiger partial charge in [0.05, 0.1) is 13.7 Å². The number of hydrogen-bond acceptors (Lipinski definition) is 5. The molecule has 1 aromatic carbocycles. The van der Waals surface area contributed by atoms with E-state index in [4.69, 9.17) is 14.6 Å². The molecule has 0 fully saturated rings. The quantitative estimate of drug-likeness (QED) is 0.867. The first kappa shape index (κ1) is 14.3. The minimum atomic E-state index is -3.58. The van der Waals surface area contributed by atoms with Crippen LogP contribution in [0.1, 0.15) is 17.3 Å². The average molecular weight is 274 g/mol. The summed E-state index contributed by atoms with van der Waals surface area (Å²) in [6, 6.07) is 2.58. The molecule has 18 heavy (non-hydrogen) atoms.